The lowest BCUT2D eigenvalue weighted by atomic mass is 10.1. The van der Waals surface area contributed by atoms with E-state index in [4.69, 9.17) is 4.74 Å². The van der Waals surface area contributed by atoms with Crippen molar-refractivity contribution in [3.63, 3.8) is 0 Å². The van der Waals surface area contributed by atoms with Gasteiger partial charge in [-0.15, -0.1) is 0 Å². The molecule has 1 heterocycles. The maximum absolute atomic E-state index is 11.8. The van der Waals surface area contributed by atoms with Crippen molar-refractivity contribution in [1.82, 2.24) is 16.0 Å². The van der Waals surface area contributed by atoms with Crippen LogP contribution < -0.4 is 16.0 Å². The highest BCUT2D eigenvalue weighted by Crippen LogP contribution is 2.05. The van der Waals surface area contributed by atoms with Gasteiger partial charge in [-0.3, -0.25) is 0 Å². The second-order valence-electron chi connectivity index (χ2n) is 5.14. The van der Waals surface area contributed by atoms with Crippen LogP contribution in [0, 0.1) is 12.8 Å². The molecule has 1 saturated heterocycles. The molecule has 20 heavy (non-hydrogen) atoms. The SMILES string of the molecule is Cc1ccccc1CNC(=O)NC[C@@H]1CNCCOC1. The molecule has 0 aromatic heterocycles. The standard InChI is InChI=1S/C15H23N3O2/c1-12-4-2-3-5-14(12)10-18-15(19)17-9-13-8-16-6-7-20-11-13/h2-5,13,16H,6-11H2,1H3,(H2,17,18,19)/t13-/m0/s1. The lowest BCUT2D eigenvalue weighted by molar-refractivity contribution is 0.123. The van der Waals surface area contributed by atoms with Gasteiger partial charge in [0.2, 0.25) is 0 Å². The van der Waals surface area contributed by atoms with Crippen molar-refractivity contribution in [2.75, 3.05) is 32.8 Å². The Kier molecular flexibility index (Phi) is 5.83. The zero-order chi connectivity index (χ0) is 14.2. The van der Waals surface area contributed by atoms with Crippen LogP contribution in [0.15, 0.2) is 24.3 Å². The third-order valence-electron chi connectivity index (χ3n) is 3.46. The van der Waals surface area contributed by atoms with Crippen molar-refractivity contribution in [3.8, 4) is 0 Å². The average Bonchev–Trinajstić information content (AvgIpc) is 2.73. The van der Waals surface area contributed by atoms with Crippen molar-refractivity contribution in [1.29, 1.82) is 0 Å². The topological polar surface area (TPSA) is 62.4 Å². The molecule has 1 fully saturated rings. The van der Waals surface area contributed by atoms with E-state index in [0.29, 0.717) is 25.6 Å². The first-order valence-corrected chi connectivity index (χ1v) is 7.10. The minimum absolute atomic E-state index is 0.127. The van der Waals surface area contributed by atoms with Gasteiger partial charge in [-0.2, -0.15) is 0 Å². The van der Waals surface area contributed by atoms with Crippen LogP contribution in [-0.4, -0.2) is 38.9 Å². The normalized spacial score (nSPS) is 19.1. The number of amides is 2. The molecule has 5 heteroatoms. The molecule has 0 radical (unpaired) electrons. The first kappa shape index (κ1) is 14.8. The third kappa shape index (κ3) is 4.83. The summed E-state index contributed by atoms with van der Waals surface area (Å²) >= 11 is 0. The Morgan fingerprint density at radius 3 is 3.10 bits per heavy atom. The van der Waals surface area contributed by atoms with Gasteiger partial charge in [0.25, 0.3) is 0 Å². The minimum atomic E-state index is -0.127. The zero-order valence-corrected chi connectivity index (χ0v) is 11.9. The highest BCUT2D eigenvalue weighted by molar-refractivity contribution is 5.73. The molecule has 1 aliphatic rings. The molecular weight excluding hydrogens is 254 g/mol. The predicted octanol–water partition coefficient (Wildman–Crippen LogP) is 1.03. The number of aryl methyl sites for hydroxylation is 1. The Morgan fingerprint density at radius 2 is 2.25 bits per heavy atom. The summed E-state index contributed by atoms with van der Waals surface area (Å²) in [4.78, 5) is 11.8. The molecule has 1 atom stereocenters. The van der Waals surface area contributed by atoms with Gasteiger partial charge in [-0.1, -0.05) is 24.3 Å². The van der Waals surface area contributed by atoms with Gasteiger partial charge in [0.05, 0.1) is 13.2 Å². The van der Waals surface area contributed by atoms with Crippen LogP contribution in [0.5, 0.6) is 0 Å². The predicted molar refractivity (Wildman–Crippen MR) is 78.6 cm³/mol. The molecule has 1 aromatic rings. The summed E-state index contributed by atoms with van der Waals surface area (Å²) in [5.41, 5.74) is 2.33. The van der Waals surface area contributed by atoms with Crippen LogP contribution in [0.2, 0.25) is 0 Å². The molecule has 110 valence electrons. The van der Waals surface area contributed by atoms with Crippen LogP contribution in [0.3, 0.4) is 0 Å². The maximum atomic E-state index is 11.8. The molecular formula is C15H23N3O2. The van der Waals surface area contributed by atoms with Crippen LogP contribution in [0.1, 0.15) is 11.1 Å². The number of urea groups is 1. The summed E-state index contributed by atoms with van der Waals surface area (Å²) in [6.07, 6.45) is 0. The maximum Gasteiger partial charge on any atom is 0.315 e. The Morgan fingerprint density at radius 1 is 1.40 bits per heavy atom. The number of benzene rings is 1. The summed E-state index contributed by atoms with van der Waals surface area (Å²) in [7, 11) is 0. The lowest BCUT2D eigenvalue weighted by Crippen LogP contribution is -2.40. The van der Waals surface area contributed by atoms with Crippen LogP contribution >= 0.6 is 0 Å². The molecule has 1 aromatic carbocycles. The monoisotopic (exact) mass is 277 g/mol. The quantitative estimate of drug-likeness (QED) is 0.770. The third-order valence-corrected chi connectivity index (χ3v) is 3.46. The average molecular weight is 277 g/mol. The molecule has 2 rings (SSSR count). The van der Waals surface area contributed by atoms with Crippen molar-refractivity contribution >= 4 is 6.03 Å². The summed E-state index contributed by atoms with van der Waals surface area (Å²) in [6, 6.07) is 7.92. The van der Waals surface area contributed by atoms with E-state index in [1.165, 1.54) is 5.56 Å². The fraction of sp³-hybridized carbons (Fsp3) is 0.533. The van der Waals surface area contributed by atoms with Gasteiger partial charge in [0.1, 0.15) is 0 Å². The van der Waals surface area contributed by atoms with Gasteiger partial charge in [0, 0.05) is 32.1 Å². The highest BCUT2D eigenvalue weighted by atomic mass is 16.5. The van der Waals surface area contributed by atoms with Crippen molar-refractivity contribution in [2.45, 2.75) is 13.5 Å². The molecule has 0 spiro atoms. The van der Waals surface area contributed by atoms with E-state index in [1.807, 2.05) is 31.2 Å². The van der Waals surface area contributed by atoms with Crippen LogP contribution in [0.25, 0.3) is 0 Å². The van der Waals surface area contributed by atoms with Crippen molar-refractivity contribution in [3.05, 3.63) is 35.4 Å². The van der Waals surface area contributed by atoms with E-state index in [2.05, 4.69) is 16.0 Å². The van der Waals surface area contributed by atoms with Gasteiger partial charge in [-0.25, -0.2) is 4.79 Å². The van der Waals surface area contributed by atoms with Gasteiger partial charge < -0.3 is 20.7 Å². The number of ether oxygens (including phenoxy) is 1. The lowest BCUT2D eigenvalue weighted by Gasteiger charge is -2.15. The molecule has 0 unspecified atom stereocenters. The number of nitrogens with one attached hydrogen (secondary N) is 3. The van der Waals surface area contributed by atoms with Crippen molar-refractivity contribution < 1.29 is 9.53 Å². The highest BCUT2D eigenvalue weighted by Gasteiger charge is 2.13. The molecule has 0 saturated carbocycles. The number of hydrogen-bond acceptors (Lipinski definition) is 3. The first-order valence-electron chi connectivity index (χ1n) is 7.10. The van der Waals surface area contributed by atoms with Gasteiger partial charge in [0.15, 0.2) is 0 Å². The Labute approximate surface area is 120 Å². The summed E-state index contributed by atoms with van der Waals surface area (Å²) in [5.74, 6) is 0.335. The van der Waals surface area contributed by atoms with E-state index in [-0.39, 0.29) is 6.03 Å². The number of carbonyl (C=O) groups excluding carboxylic acids is 1. The van der Waals surface area contributed by atoms with Crippen LogP contribution in [-0.2, 0) is 11.3 Å². The molecule has 3 N–H and O–H groups in total. The Hall–Kier alpha value is -1.59. The largest absolute Gasteiger partial charge is 0.380 e. The van der Waals surface area contributed by atoms with E-state index in [1.54, 1.807) is 0 Å². The van der Waals surface area contributed by atoms with E-state index in [9.17, 15) is 4.79 Å². The first-order chi connectivity index (χ1) is 9.75. The van der Waals surface area contributed by atoms with Gasteiger partial charge >= 0.3 is 6.03 Å². The molecule has 0 bridgehead atoms. The van der Waals surface area contributed by atoms with Crippen molar-refractivity contribution in [2.24, 2.45) is 5.92 Å². The number of carbonyl (C=O) groups is 1. The Balaban J connectivity index is 1.69. The molecule has 5 nitrogen and oxygen atoms in total. The number of rotatable bonds is 4. The summed E-state index contributed by atoms with van der Waals surface area (Å²) in [6.45, 7) is 6.45. The van der Waals surface area contributed by atoms with E-state index < -0.39 is 0 Å². The fourth-order valence-electron chi connectivity index (χ4n) is 2.17. The second-order valence-corrected chi connectivity index (χ2v) is 5.14. The Bertz CT molecular complexity index is 429. The zero-order valence-electron chi connectivity index (χ0n) is 11.9. The second kappa shape index (κ2) is 7.87. The van der Waals surface area contributed by atoms with Gasteiger partial charge in [-0.05, 0) is 18.1 Å². The molecule has 0 aliphatic carbocycles. The fourth-order valence-corrected chi connectivity index (χ4v) is 2.17. The molecule has 1 aliphatic heterocycles. The van der Waals surface area contributed by atoms with Crippen LogP contribution in [0.4, 0.5) is 4.79 Å². The summed E-state index contributed by atoms with van der Waals surface area (Å²) < 4.78 is 5.45. The molecule has 2 amide bonds. The minimum Gasteiger partial charge on any atom is -0.380 e. The van der Waals surface area contributed by atoms with E-state index >= 15 is 0 Å². The summed E-state index contributed by atoms with van der Waals surface area (Å²) in [5, 5.41) is 9.07. The number of hydrogen-bond donors (Lipinski definition) is 3. The van der Waals surface area contributed by atoms with E-state index in [0.717, 1.165) is 25.3 Å². The smallest absolute Gasteiger partial charge is 0.315 e.